The van der Waals surface area contributed by atoms with E-state index < -0.39 is 0 Å². The summed E-state index contributed by atoms with van der Waals surface area (Å²) in [5.41, 5.74) is 3.91. The SMILES string of the molecule is CC(=NNc1ccc(F)cc1)C1=C(O)C(C)N(C)C1=O. The van der Waals surface area contributed by atoms with Gasteiger partial charge in [-0.05, 0) is 38.1 Å². The summed E-state index contributed by atoms with van der Waals surface area (Å²) in [6.07, 6.45) is 0. The highest BCUT2D eigenvalue weighted by Gasteiger charge is 2.35. The van der Waals surface area contributed by atoms with Gasteiger partial charge in [0.05, 0.1) is 17.4 Å². The monoisotopic (exact) mass is 277 g/mol. The average Bonchev–Trinajstić information content (AvgIpc) is 2.62. The van der Waals surface area contributed by atoms with E-state index in [-0.39, 0.29) is 29.1 Å². The Labute approximate surface area is 116 Å². The zero-order valence-corrected chi connectivity index (χ0v) is 11.5. The molecule has 1 aromatic carbocycles. The molecule has 0 aliphatic carbocycles. The number of aliphatic hydroxyl groups excluding tert-OH is 1. The first-order valence-corrected chi connectivity index (χ1v) is 6.18. The number of hydrogen-bond donors (Lipinski definition) is 2. The molecule has 1 aliphatic rings. The number of hydrogen-bond acceptors (Lipinski definition) is 4. The summed E-state index contributed by atoms with van der Waals surface area (Å²) in [4.78, 5) is 13.4. The van der Waals surface area contributed by atoms with E-state index in [2.05, 4.69) is 10.5 Å². The third kappa shape index (κ3) is 2.49. The second-order valence-electron chi connectivity index (χ2n) is 4.67. The lowest BCUT2D eigenvalue weighted by Gasteiger charge is -2.14. The van der Waals surface area contributed by atoms with Crippen LogP contribution in [0, 0.1) is 5.82 Å². The Bertz CT molecular complexity index is 593. The van der Waals surface area contributed by atoms with E-state index in [1.54, 1.807) is 20.9 Å². The van der Waals surface area contributed by atoms with E-state index >= 15 is 0 Å². The van der Waals surface area contributed by atoms with Gasteiger partial charge in [0.2, 0.25) is 0 Å². The van der Waals surface area contributed by atoms with Crippen molar-refractivity contribution in [3.8, 4) is 0 Å². The van der Waals surface area contributed by atoms with Crippen molar-refractivity contribution in [1.29, 1.82) is 0 Å². The number of rotatable bonds is 3. The number of nitrogens with zero attached hydrogens (tertiary/aromatic N) is 2. The smallest absolute Gasteiger partial charge is 0.259 e. The minimum Gasteiger partial charge on any atom is -0.509 e. The van der Waals surface area contributed by atoms with Crippen molar-refractivity contribution >= 4 is 17.3 Å². The maximum atomic E-state index is 12.8. The zero-order chi connectivity index (χ0) is 14.9. The van der Waals surface area contributed by atoms with E-state index in [1.165, 1.54) is 29.2 Å². The van der Waals surface area contributed by atoms with Gasteiger partial charge in [0, 0.05) is 7.05 Å². The number of likely N-dealkylation sites (N-methyl/N-ethyl adjacent to an activating group) is 1. The molecule has 0 saturated carbocycles. The van der Waals surface area contributed by atoms with Crippen molar-refractivity contribution in [2.75, 3.05) is 12.5 Å². The third-order valence-electron chi connectivity index (χ3n) is 3.33. The van der Waals surface area contributed by atoms with Crippen molar-refractivity contribution in [2.24, 2.45) is 5.10 Å². The largest absolute Gasteiger partial charge is 0.509 e. The summed E-state index contributed by atoms with van der Waals surface area (Å²) < 4.78 is 12.8. The molecule has 0 saturated heterocycles. The van der Waals surface area contributed by atoms with Gasteiger partial charge < -0.3 is 10.0 Å². The minimum atomic E-state index is -0.353. The van der Waals surface area contributed by atoms with Crippen LogP contribution in [-0.4, -0.2) is 34.7 Å². The second kappa shape index (κ2) is 5.32. The number of carbonyl (C=O) groups excluding carboxylic acids is 1. The molecule has 0 spiro atoms. The molecule has 1 unspecified atom stereocenters. The fraction of sp³-hybridized carbons (Fsp3) is 0.286. The number of aliphatic hydroxyl groups is 1. The van der Waals surface area contributed by atoms with Crippen LogP contribution in [0.3, 0.4) is 0 Å². The zero-order valence-electron chi connectivity index (χ0n) is 11.5. The van der Waals surface area contributed by atoms with Crippen molar-refractivity contribution in [3.05, 3.63) is 41.4 Å². The predicted octanol–water partition coefficient (Wildman–Crippen LogP) is 2.29. The van der Waals surface area contributed by atoms with Crippen LogP contribution in [0.25, 0.3) is 0 Å². The highest BCUT2D eigenvalue weighted by molar-refractivity contribution is 6.22. The van der Waals surface area contributed by atoms with Gasteiger partial charge in [0.25, 0.3) is 5.91 Å². The van der Waals surface area contributed by atoms with E-state index in [0.717, 1.165) is 0 Å². The lowest BCUT2D eigenvalue weighted by molar-refractivity contribution is -0.125. The molecule has 0 bridgehead atoms. The first kappa shape index (κ1) is 14.0. The van der Waals surface area contributed by atoms with Crippen LogP contribution in [-0.2, 0) is 4.79 Å². The van der Waals surface area contributed by atoms with Gasteiger partial charge in [-0.15, -0.1) is 0 Å². The van der Waals surface area contributed by atoms with Crippen LogP contribution in [0.2, 0.25) is 0 Å². The van der Waals surface area contributed by atoms with Gasteiger partial charge in [-0.1, -0.05) is 0 Å². The molecule has 1 amide bonds. The van der Waals surface area contributed by atoms with Crippen LogP contribution >= 0.6 is 0 Å². The highest BCUT2D eigenvalue weighted by Crippen LogP contribution is 2.23. The lowest BCUT2D eigenvalue weighted by Crippen LogP contribution is -2.29. The van der Waals surface area contributed by atoms with Gasteiger partial charge in [-0.25, -0.2) is 4.39 Å². The minimum absolute atomic E-state index is 0.0136. The fourth-order valence-corrected chi connectivity index (χ4v) is 1.92. The van der Waals surface area contributed by atoms with Crippen molar-refractivity contribution in [2.45, 2.75) is 19.9 Å². The predicted molar refractivity (Wildman–Crippen MR) is 75.0 cm³/mol. The molecule has 1 heterocycles. The van der Waals surface area contributed by atoms with Crippen LogP contribution in [0.1, 0.15) is 13.8 Å². The standard InChI is InChI=1S/C14H16FN3O2/c1-8(12-13(19)9(2)18(3)14(12)20)16-17-11-6-4-10(15)5-7-11/h4-7,9,17,19H,1-3H3. The van der Waals surface area contributed by atoms with E-state index in [0.29, 0.717) is 11.4 Å². The van der Waals surface area contributed by atoms with Crippen LogP contribution < -0.4 is 5.43 Å². The molecule has 2 N–H and O–H groups in total. The number of hydrazone groups is 1. The first-order chi connectivity index (χ1) is 9.41. The maximum Gasteiger partial charge on any atom is 0.259 e. The van der Waals surface area contributed by atoms with E-state index in [4.69, 9.17) is 0 Å². The summed E-state index contributed by atoms with van der Waals surface area (Å²) in [5, 5.41) is 14.0. The molecule has 6 heteroatoms. The molecule has 0 fully saturated rings. The summed E-state index contributed by atoms with van der Waals surface area (Å²) in [5.74, 6) is -0.588. The number of carbonyl (C=O) groups is 1. The van der Waals surface area contributed by atoms with Crippen molar-refractivity contribution in [1.82, 2.24) is 4.90 Å². The molecule has 1 aliphatic heterocycles. The molecule has 0 aromatic heterocycles. The lowest BCUT2D eigenvalue weighted by atomic mass is 10.1. The van der Waals surface area contributed by atoms with Gasteiger partial charge >= 0.3 is 0 Å². The Morgan fingerprint density at radius 1 is 1.40 bits per heavy atom. The summed E-state index contributed by atoms with van der Waals surface area (Å²) in [6.45, 7) is 3.37. The molecule has 2 rings (SSSR count). The first-order valence-electron chi connectivity index (χ1n) is 6.18. The topological polar surface area (TPSA) is 64.9 Å². The third-order valence-corrected chi connectivity index (χ3v) is 3.33. The van der Waals surface area contributed by atoms with E-state index in [9.17, 15) is 14.3 Å². The van der Waals surface area contributed by atoms with Crippen LogP contribution in [0.15, 0.2) is 40.7 Å². The molecule has 1 atom stereocenters. The maximum absolute atomic E-state index is 12.8. The molecule has 0 radical (unpaired) electrons. The Balaban J connectivity index is 2.19. The fourth-order valence-electron chi connectivity index (χ4n) is 1.92. The summed E-state index contributed by atoms with van der Waals surface area (Å²) in [7, 11) is 1.62. The number of anilines is 1. The molecule has 1 aromatic rings. The van der Waals surface area contributed by atoms with Gasteiger partial charge in [-0.2, -0.15) is 5.10 Å². The molecule has 106 valence electrons. The number of nitrogens with one attached hydrogen (secondary N) is 1. The van der Waals surface area contributed by atoms with Crippen LogP contribution in [0.4, 0.5) is 10.1 Å². The Hall–Kier alpha value is -2.37. The van der Waals surface area contributed by atoms with Crippen molar-refractivity contribution < 1.29 is 14.3 Å². The van der Waals surface area contributed by atoms with Crippen LogP contribution in [0.5, 0.6) is 0 Å². The van der Waals surface area contributed by atoms with Gasteiger partial charge in [0.15, 0.2) is 0 Å². The number of halogens is 1. The molecular formula is C14H16FN3O2. The Morgan fingerprint density at radius 2 is 2.00 bits per heavy atom. The number of benzene rings is 1. The van der Waals surface area contributed by atoms with Crippen molar-refractivity contribution in [3.63, 3.8) is 0 Å². The molecular weight excluding hydrogens is 261 g/mol. The van der Waals surface area contributed by atoms with E-state index in [1.807, 2.05) is 0 Å². The Kier molecular flexibility index (Phi) is 3.74. The number of amides is 1. The summed E-state index contributed by atoms with van der Waals surface area (Å²) in [6, 6.07) is 5.33. The molecule has 20 heavy (non-hydrogen) atoms. The van der Waals surface area contributed by atoms with Gasteiger partial charge in [0.1, 0.15) is 17.1 Å². The van der Waals surface area contributed by atoms with Gasteiger partial charge in [-0.3, -0.25) is 10.2 Å². The average molecular weight is 277 g/mol. The second-order valence-corrected chi connectivity index (χ2v) is 4.67. The molecule has 5 nitrogen and oxygen atoms in total. The Morgan fingerprint density at radius 3 is 2.50 bits per heavy atom. The highest BCUT2D eigenvalue weighted by atomic mass is 19.1. The normalized spacial score (nSPS) is 19.8. The summed E-state index contributed by atoms with van der Waals surface area (Å²) >= 11 is 0. The quantitative estimate of drug-likeness (QED) is 0.658.